The van der Waals surface area contributed by atoms with E-state index in [-0.39, 0.29) is 0 Å². The fourth-order valence-electron chi connectivity index (χ4n) is 0.442. The summed E-state index contributed by atoms with van der Waals surface area (Å²) in [7, 11) is 0. The van der Waals surface area contributed by atoms with Crippen LogP contribution in [0.25, 0.3) is 0 Å². The van der Waals surface area contributed by atoms with Gasteiger partial charge in [0.25, 0.3) is 0 Å². The van der Waals surface area contributed by atoms with Gasteiger partial charge in [0.15, 0.2) is 0 Å². The van der Waals surface area contributed by atoms with Crippen LogP contribution < -0.4 is 0 Å². The molecule has 0 spiro atoms. The van der Waals surface area contributed by atoms with Crippen LogP contribution in [-0.2, 0) is 0 Å². The van der Waals surface area contributed by atoms with E-state index in [4.69, 9.17) is 5.41 Å². The van der Waals surface area contributed by atoms with E-state index < -0.39 is 0 Å². The van der Waals surface area contributed by atoms with Gasteiger partial charge in [-0.25, -0.2) is 0 Å². The van der Waals surface area contributed by atoms with Crippen molar-refractivity contribution < 1.29 is 0 Å². The topological polar surface area (TPSA) is 23.9 Å². The van der Waals surface area contributed by atoms with Crippen LogP contribution in [-0.4, -0.2) is 5.71 Å². The second-order valence-electron chi connectivity index (χ2n) is 1.88. The Labute approximate surface area is 45.2 Å². The first-order valence-corrected chi connectivity index (χ1v) is 2.81. The predicted molar refractivity (Wildman–Crippen MR) is 32.9 cm³/mol. The zero-order chi connectivity index (χ0) is 5.70. The summed E-state index contributed by atoms with van der Waals surface area (Å²) in [6.07, 6.45) is 3.36. The molecule has 0 heterocycles. The van der Waals surface area contributed by atoms with E-state index in [2.05, 4.69) is 6.92 Å². The zero-order valence-electron chi connectivity index (χ0n) is 5.12. The van der Waals surface area contributed by atoms with E-state index in [1.807, 2.05) is 6.92 Å². The number of rotatable bonds is 3. The molecular weight excluding hydrogens is 86.1 g/mol. The molecule has 0 saturated carbocycles. The fraction of sp³-hybridized carbons (Fsp3) is 0.833. The fourth-order valence-corrected chi connectivity index (χ4v) is 0.442. The van der Waals surface area contributed by atoms with E-state index in [1.165, 1.54) is 12.8 Å². The summed E-state index contributed by atoms with van der Waals surface area (Å²) in [5.74, 6) is 0. The van der Waals surface area contributed by atoms with Crippen molar-refractivity contribution in [3.8, 4) is 0 Å². The van der Waals surface area contributed by atoms with E-state index in [0.29, 0.717) is 0 Å². The predicted octanol–water partition coefficient (Wildman–Crippen LogP) is 2.22. The Balaban J connectivity index is 2.82. The summed E-state index contributed by atoms with van der Waals surface area (Å²) in [5.41, 5.74) is 0.807. The largest absolute Gasteiger partial charge is 0.310 e. The van der Waals surface area contributed by atoms with E-state index in [1.54, 1.807) is 0 Å². The molecule has 0 saturated heterocycles. The Morgan fingerprint density at radius 3 is 2.29 bits per heavy atom. The van der Waals surface area contributed by atoms with Crippen molar-refractivity contribution in [3.63, 3.8) is 0 Å². The van der Waals surface area contributed by atoms with Crippen LogP contribution in [0.1, 0.15) is 33.1 Å². The van der Waals surface area contributed by atoms with Crippen LogP contribution in [0.4, 0.5) is 0 Å². The van der Waals surface area contributed by atoms with Gasteiger partial charge in [0.05, 0.1) is 0 Å². The lowest BCUT2D eigenvalue weighted by molar-refractivity contribution is 0.830. The molecule has 0 radical (unpaired) electrons. The summed E-state index contributed by atoms with van der Waals surface area (Å²) in [4.78, 5) is 0. The first-order valence-electron chi connectivity index (χ1n) is 2.81. The summed E-state index contributed by atoms with van der Waals surface area (Å²) in [5, 5.41) is 7.00. The number of hydrogen-bond acceptors (Lipinski definition) is 1. The summed E-state index contributed by atoms with van der Waals surface area (Å²) in [6, 6.07) is 0. The van der Waals surface area contributed by atoms with E-state index >= 15 is 0 Å². The smallest absolute Gasteiger partial charge is 0.00582 e. The molecule has 0 fully saturated rings. The third kappa shape index (κ3) is 5.67. The highest BCUT2D eigenvalue weighted by atomic mass is 14.4. The van der Waals surface area contributed by atoms with Crippen molar-refractivity contribution >= 4 is 5.71 Å². The van der Waals surface area contributed by atoms with Crippen LogP contribution >= 0.6 is 0 Å². The maximum absolute atomic E-state index is 7.00. The molecule has 1 nitrogen and oxygen atoms in total. The highest BCUT2D eigenvalue weighted by molar-refractivity contribution is 5.78. The molecule has 0 aliphatic heterocycles. The number of unbranched alkanes of at least 4 members (excludes halogenated alkanes) is 1. The lowest BCUT2D eigenvalue weighted by atomic mass is 10.2. The molecule has 0 aromatic carbocycles. The van der Waals surface area contributed by atoms with E-state index in [9.17, 15) is 0 Å². The molecule has 0 aromatic rings. The van der Waals surface area contributed by atoms with Gasteiger partial charge in [-0.3, -0.25) is 0 Å². The maximum atomic E-state index is 7.00. The molecule has 0 unspecified atom stereocenters. The highest BCUT2D eigenvalue weighted by Gasteiger charge is 1.83. The van der Waals surface area contributed by atoms with Crippen molar-refractivity contribution in [3.05, 3.63) is 0 Å². The summed E-state index contributed by atoms with van der Waals surface area (Å²) >= 11 is 0. The van der Waals surface area contributed by atoms with Gasteiger partial charge in [-0.1, -0.05) is 13.3 Å². The average Bonchev–Trinajstić information content (AvgIpc) is 1.61. The van der Waals surface area contributed by atoms with Crippen LogP contribution in [0, 0.1) is 5.41 Å². The summed E-state index contributed by atoms with van der Waals surface area (Å²) in [6.45, 7) is 4.00. The van der Waals surface area contributed by atoms with Gasteiger partial charge in [-0.05, 0) is 19.8 Å². The molecular formula is C6H13N. The minimum atomic E-state index is 0.807. The number of hydrogen-bond donors (Lipinski definition) is 1. The van der Waals surface area contributed by atoms with Crippen molar-refractivity contribution in [1.29, 1.82) is 5.41 Å². The molecule has 0 atom stereocenters. The van der Waals surface area contributed by atoms with Crippen molar-refractivity contribution in [2.45, 2.75) is 33.1 Å². The van der Waals surface area contributed by atoms with Crippen LogP contribution in [0.5, 0.6) is 0 Å². The molecule has 0 amide bonds. The average molecular weight is 99.2 g/mol. The zero-order valence-corrected chi connectivity index (χ0v) is 5.12. The van der Waals surface area contributed by atoms with Gasteiger partial charge in [-0.2, -0.15) is 0 Å². The van der Waals surface area contributed by atoms with Crippen molar-refractivity contribution in [1.82, 2.24) is 0 Å². The van der Waals surface area contributed by atoms with Crippen LogP contribution in [0.2, 0.25) is 0 Å². The minimum absolute atomic E-state index is 0.807. The van der Waals surface area contributed by atoms with E-state index in [0.717, 1.165) is 12.1 Å². The molecule has 1 heteroatoms. The van der Waals surface area contributed by atoms with Gasteiger partial charge in [0.2, 0.25) is 0 Å². The van der Waals surface area contributed by atoms with Gasteiger partial charge >= 0.3 is 0 Å². The Hall–Kier alpha value is -0.330. The molecule has 0 aromatic heterocycles. The third-order valence-corrected chi connectivity index (χ3v) is 0.905. The minimum Gasteiger partial charge on any atom is -0.310 e. The Bertz CT molecular complexity index is 57.2. The Morgan fingerprint density at radius 1 is 1.57 bits per heavy atom. The standard InChI is InChI=1S/C6H13N/c1-3-4-5-6(2)7/h7H,3-5H2,1-2H3. The quantitative estimate of drug-likeness (QED) is 0.524. The lowest BCUT2D eigenvalue weighted by Crippen LogP contribution is -1.85. The maximum Gasteiger partial charge on any atom is 0.00582 e. The molecule has 0 aliphatic carbocycles. The Kier molecular flexibility index (Phi) is 3.67. The first-order chi connectivity index (χ1) is 3.27. The molecule has 0 aliphatic rings. The second kappa shape index (κ2) is 3.85. The Morgan fingerprint density at radius 2 is 2.14 bits per heavy atom. The lowest BCUT2D eigenvalue weighted by Gasteiger charge is -1.90. The number of nitrogens with one attached hydrogen (secondary N) is 1. The monoisotopic (exact) mass is 99.1 g/mol. The molecule has 0 rings (SSSR count). The second-order valence-corrected chi connectivity index (χ2v) is 1.88. The molecule has 42 valence electrons. The van der Waals surface area contributed by atoms with Gasteiger partial charge in [0, 0.05) is 5.71 Å². The van der Waals surface area contributed by atoms with Gasteiger partial charge in [-0.15, -0.1) is 0 Å². The SMILES string of the molecule is CCCCC(C)=N. The van der Waals surface area contributed by atoms with Crippen LogP contribution in [0.15, 0.2) is 0 Å². The summed E-state index contributed by atoms with van der Waals surface area (Å²) < 4.78 is 0. The van der Waals surface area contributed by atoms with Crippen molar-refractivity contribution in [2.24, 2.45) is 0 Å². The van der Waals surface area contributed by atoms with Gasteiger partial charge in [0.1, 0.15) is 0 Å². The normalized spacial score (nSPS) is 8.86. The van der Waals surface area contributed by atoms with Crippen LogP contribution in [0.3, 0.4) is 0 Å². The van der Waals surface area contributed by atoms with Crippen molar-refractivity contribution in [2.75, 3.05) is 0 Å². The first kappa shape index (κ1) is 6.67. The highest BCUT2D eigenvalue weighted by Crippen LogP contribution is 1.93. The van der Waals surface area contributed by atoms with Gasteiger partial charge < -0.3 is 5.41 Å². The molecule has 0 bridgehead atoms. The molecule has 7 heavy (non-hydrogen) atoms. The third-order valence-electron chi connectivity index (χ3n) is 0.905. The molecule has 1 N–H and O–H groups in total.